The van der Waals surface area contributed by atoms with Crippen LogP contribution in [0.4, 0.5) is 0 Å². The van der Waals surface area contributed by atoms with E-state index in [1.54, 1.807) is 0 Å². The van der Waals surface area contributed by atoms with Gasteiger partial charge in [0.05, 0.1) is 6.61 Å². The number of likely N-dealkylation sites (N-methyl/N-ethyl adjacent to an activating group) is 1. The first kappa shape index (κ1) is 12.6. The summed E-state index contributed by atoms with van der Waals surface area (Å²) < 4.78 is 0. The number of rotatable bonds is 5. The van der Waals surface area contributed by atoms with E-state index in [0.29, 0.717) is 6.54 Å². The third-order valence-electron chi connectivity index (χ3n) is 2.38. The van der Waals surface area contributed by atoms with E-state index in [0.717, 1.165) is 6.29 Å². The van der Waals surface area contributed by atoms with Gasteiger partial charge in [-0.1, -0.05) is 13.8 Å². The molecule has 0 fully saturated rings. The van der Waals surface area contributed by atoms with Gasteiger partial charge in [0.25, 0.3) is 0 Å². The summed E-state index contributed by atoms with van der Waals surface area (Å²) in [5, 5.41) is 9.10. The van der Waals surface area contributed by atoms with Crippen LogP contribution >= 0.6 is 0 Å². The first-order valence-electron chi connectivity index (χ1n) is 4.53. The van der Waals surface area contributed by atoms with E-state index >= 15 is 0 Å². The van der Waals surface area contributed by atoms with Crippen LogP contribution in [0.3, 0.4) is 0 Å². The zero-order chi connectivity index (χ0) is 10.7. The highest BCUT2D eigenvalue weighted by molar-refractivity contribution is 5.58. The third-order valence-corrected chi connectivity index (χ3v) is 2.38. The maximum atomic E-state index is 10.7. The molecule has 0 bridgehead atoms. The Labute approximate surface area is 80.7 Å². The zero-order valence-corrected chi connectivity index (χ0v) is 9.29. The lowest BCUT2D eigenvalue weighted by atomic mass is 9.92. The van der Waals surface area contributed by atoms with E-state index < -0.39 is 0 Å². The van der Waals surface area contributed by atoms with Crippen LogP contribution in [0.2, 0.25) is 0 Å². The molecule has 0 unspecified atom stereocenters. The maximum absolute atomic E-state index is 10.7. The number of aldehydes is 1. The first-order chi connectivity index (χ1) is 5.75. The molecule has 0 aliphatic heterocycles. The largest absolute Gasteiger partial charge is 0.394 e. The lowest BCUT2D eigenvalue weighted by molar-refractivity contribution is -0.116. The predicted octanol–water partition coefficient (Wildman–Crippen LogP) is 0.914. The molecule has 3 nitrogen and oxygen atoms in total. The predicted molar refractivity (Wildman–Crippen MR) is 53.6 cm³/mol. The highest BCUT2D eigenvalue weighted by Gasteiger charge is 2.28. The summed E-state index contributed by atoms with van der Waals surface area (Å²) in [7, 11) is 1.92. The minimum Gasteiger partial charge on any atom is -0.394 e. The van der Waals surface area contributed by atoms with Crippen LogP contribution in [0.15, 0.2) is 0 Å². The van der Waals surface area contributed by atoms with Gasteiger partial charge in [-0.25, -0.2) is 0 Å². The van der Waals surface area contributed by atoms with E-state index in [9.17, 15) is 4.79 Å². The summed E-state index contributed by atoms with van der Waals surface area (Å²) in [6.45, 7) is 8.44. The fourth-order valence-electron chi connectivity index (χ4n) is 0.983. The highest BCUT2D eigenvalue weighted by Crippen LogP contribution is 2.19. The van der Waals surface area contributed by atoms with E-state index in [4.69, 9.17) is 5.11 Å². The van der Waals surface area contributed by atoms with Gasteiger partial charge in [0.15, 0.2) is 0 Å². The van der Waals surface area contributed by atoms with Crippen molar-refractivity contribution in [3.8, 4) is 0 Å². The summed E-state index contributed by atoms with van der Waals surface area (Å²) in [4.78, 5) is 12.7. The Kier molecular flexibility index (Phi) is 4.07. The topological polar surface area (TPSA) is 40.5 Å². The number of carbonyl (C=O) groups excluding carboxylic acids is 1. The van der Waals surface area contributed by atoms with Crippen LogP contribution in [0.25, 0.3) is 0 Å². The van der Waals surface area contributed by atoms with Gasteiger partial charge in [-0.15, -0.1) is 0 Å². The Morgan fingerprint density at radius 3 is 2.08 bits per heavy atom. The second-order valence-corrected chi connectivity index (χ2v) is 4.93. The summed E-state index contributed by atoms with van der Waals surface area (Å²) in [5.41, 5.74) is -0.610. The van der Waals surface area contributed by atoms with Crippen LogP contribution in [0.1, 0.15) is 27.7 Å². The van der Waals surface area contributed by atoms with Crippen molar-refractivity contribution in [3.05, 3.63) is 0 Å². The fraction of sp³-hybridized carbons (Fsp3) is 0.900. The molecule has 0 heterocycles. The summed E-state index contributed by atoms with van der Waals surface area (Å²) >= 11 is 0. The molecule has 0 amide bonds. The van der Waals surface area contributed by atoms with E-state index in [1.165, 1.54) is 0 Å². The number of hydrogen-bond donors (Lipinski definition) is 1. The molecular weight excluding hydrogens is 166 g/mol. The molecular formula is C10H21NO2. The van der Waals surface area contributed by atoms with Gasteiger partial charge in [-0.05, 0) is 20.9 Å². The number of aliphatic hydroxyl groups is 1. The molecule has 0 aromatic heterocycles. The average molecular weight is 187 g/mol. The molecule has 0 atom stereocenters. The average Bonchev–Trinajstić information content (AvgIpc) is 2.04. The van der Waals surface area contributed by atoms with Crippen molar-refractivity contribution in [1.29, 1.82) is 0 Å². The molecule has 13 heavy (non-hydrogen) atoms. The Hall–Kier alpha value is -0.410. The number of aliphatic hydroxyl groups excluding tert-OH is 1. The number of hydrogen-bond acceptors (Lipinski definition) is 3. The highest BCUT2D eigenvalue weighted by atomic mass is 16.3. The smallest absolute Gasteiger partial charge is 0.126 e. The van der Waals surface area contributed by atoms with E-state index in [2.05, 4.69) is 0 Å². The van der Waals surface area contributed by atoms with Crippen LogP contribution in [0.5, 0.6) is 0 Å². The van der Waals surface area contributed by atoms with Crippen molar-refractivity contribution in [2.45, 2.75) is 33.2 Å². The lowest BCUT2D eigenvalue weighted by Crippen LogP contribution is -2.48. The molecule has 0 saturated heterocycles. The van der Waals surface area contributed by atoms with Crippen LogP contribution in [0, 0.1) is 5.41 Å². The molecule has 0 aliphatic rings. The van der Waals surface area contributed by atoms with Gasteiger partial charge in [-0.2, -0.15) is 0 Å². The van der Waals surface area contributed by atoms with Crippen molar-refractivity contribution < 1.29 is 9.90 Å². The van der Waals surface area contributed by atoms with Crippen LogP contribution in [-0.2, 0) is 4.79 Å². The van der Waals surface area contributed by atoms with Gasteiger partial charge in [0.1, 0.15) is 6.29 Å². The quantitative estimate of drug-likeness (QED) is 0.650. The Bertz CT molecular complexity index is 176. The van der Waals surface area contributed by atoms with Gasteiger partial charge in [-0.3, -0.25) is 4.90 Å². The molecule has 0 radical (unpaired) electrons. The Balaban J connectivity index is 4.30. The van der Waals surface area contributed by atoms with Crippen molar-refractivity contribution >= 4 is 6.29 Å². The van der Waals surface area contributed by atoms with Gasteiger partial charge >= 0.3 is 0 Å². The molecule has 0 aromatic rings. The second-order valence-electron chi connectivity index (χ2n) is 4.93. The van der Waals surface area contributed by atoms with Gasteiger partial charge in [0, 0.05) is 17.5 Å². The molecule has 0 rings (SSSR count). The molecule has 1 N–H and O–H groups in total. The van der Waals surface area contributed by atoms with Crippen molar-refractivity contribution in [3.63, 3.8) is 0 Å². The molecule has 0 aromatic carbocycles. The van der Waals surface area contributed by atoms with Crippen LogP contribution < -0.4 is 0 Å². The van der Waals surface area contributed by atoms with Crippen molar-refractivity contribution in [2.75, 3.05) is 20.2 Å². The van der Waals surface area contributed by atoms with Gasteiger partial charge in [0.2, 0.25) is 0 Å². The monoisotopic (exact) mass is 187 g/mol. The summed E-state index contributed by atoms with van der Waals surface area (Å²) in [5.74, 6) is 0. The third kappa shape index (κ3) is 3.87. The molecule has 0 spiro atoms. The Morgan fingerprint density at radius 1 is 1.31 bits per heavy atom. The number of carbonyl (C=O) groups is 1. The van der Waals surface area contributed by atoms with Crippen molar-refractivity contribution in [2.24, 2.45) is 5.41 Å². The molecule has 78 valence electrons. The second kappa shape index (κ2) is 4.20. The van der Waals surface area contributed by atoms with Gasteiger partial charge < -0.3 is 9.90 Å². The first-order valence-corrected chi connectivity index (χ1v) is 4.53. The zero-order valence-electron chi connectivity index (χ0n) is 9.29. The molecule has 0 aliphatic carbocycles. The van der Waals surface area contributed by atoms with Crippen molar-refractivity contribution in [1.82, 2.24) is 4.90 Å². The number of nitrogens with zero attached hydrogens (tertiary/aromatic N) is 1. The molecule has 0 saturated carbocycles. The standard InChI is InChI=1S/C10H21NO2/c1-9(2,7-12)6-11(5)10(3,4)8-13/h7,13H,6,8H2,1-5H3. The maximum Gasteiger partial charge on any atom is 0.126 e. The summed E-state index contributed by atoms with van der Waals surface area (Å²) in [6.07, 6.45) is 0.955. The fourth-order valence-corrected chi connectivity index (χ4v) is 0.983. The SMILES string of the molecule is CN(CC(C)(C)C=O)C(C)(C)CO. The Morgan fingerprint density at radius 2 is 1.77 bits per heavy atom. The lowest BCUT2D eigenvalue weighted by Gasteiger charge is -2.37. The normalized spacial score (nSPS) is 13.5. The minimum atomic E-state index is -0.346. The molecule has 3 heteroatoms. The summed E-state index contributed by atoms with van der Waals surface area (Å²) in [6, 6.07) is 0. The minimum absolute atomic E-state index is 0.0957. The van der Waals surface area contributed by atoms with E-state index in [1.807, 2.05) is 39.6 Å². The van der Waals surface area contributed by atoms with Crippen LogP contribution in [-0.4, -0.2) is 42.0 Å². The van der Waals surface area contributed by atoms with E-state index in [-0.39, 0.29) is 17.6 Å².